The van der Waals surface area contributed by atoms with Gasteiger partial charge in [0.05, 0.1) is 10.6 Å². The number of hydrogen-bond acceptors (Lipinski definition) is 3. The van der Waals surface area contributed by atoms with E-state index in [0.29, 0.717) is 11.3 Å². The van der Waals surface area contributed by atoms with Gasteiger partial charge in [-0.15, -0.1) is 0 Å². The van der Waals surface area contributed by atoms with E-state index in [4.69, 9.17) is 0 Å². The van der Waals surface area contributed by atoms with Crippen molar-refractivity contribution in [3.63, 3.8) is 0 Å². The summed E-state index contributed by atoms with van der Waals surface area (Å²) in [4.78, 5) is 11.3. The van der Waals surface area contributed by atoms with Crippen molar-refractivity contribution in [1.82, 2.24) is 0 Å². The summed E-state index contributed by atoms with van der Waals surface area (Å²) < 4.78 is 23.6. The van der Waals surface area contributed by atoms with Gasteiger partial charge in [-0.2, -0.15) is 0 Å². The predicted octanol–water partition coefficient (Wildman–Crippen LogP) is 2.95. The van der Waals surface area contributed by atoms with Gasteiger partial charge in [0.25, 0.3) is 0 Å². The quantitative estimate of drug-likeness (QED) is 0.797. The van der Waals surface area contributed by atoms with Crippen LogP contribution < -0.4 is 0 Å². The molecule has 0 saturated carbocycles. The maximum atomic E-state index is 11.8. The van der Waals surface area contributed by atoms with Crippen LogP contribution in [0, 0.1) is 0 Å². The first-order valence-corrected chi connectivity index (χ1v) is 7.84. The first-order valence-electron chi connectivity index (χ1n) is 6.19. The minimum absolute atomic E-state index is 0.109. The van der Waals surface area contributed by atoms with E-state index in [1.54, 1.807) is 32.0 Å². The third-order valence-electron chi connectivity index (χ3n) is 3.10. The molecule has 1 rings (SSSR count). The average Bonchev–Trinajstić information content (AvgIpc) is 2.36. The summed E-state index contributed by atoms with van der Waals surface area (Å²) >= 11 is 0. The van der Waals surface area contributed by atoms with Gasteiger partial charge in [0.1, 0.15) is 5.78 Å². The Balaban J connectivity index is 2.92. The first kappa shape index (κ1) is 14.9. The topological polar surface area (TPSA) is 51.2 Å². The van der Waals surface area contributed by atoms with Gasteiger partial charge < -0.3 is 4.79 Å². The van der Waals surface area contributed by atoms with Gasteiger partial charge in [-0.1, -0.05) is 26.0 Å². The number of rotatable bonds is 6. The van der Waals surface area contributed by atoms with Crippen molar-refractivity contribution in [2.75, 3.05) is 5.75 Å². The lowest BCUT2D eigenvalue weighted by molar-refractivity contribution is -0.117. The highest BCUT2D eigenvalue weighted by Crippen LogP contribution is 2.23. The molecular formula is C14H20O3S. The Hall–Kier alpha value is -1.16. The van der Waals surface area contributed by atoms with Crippen LogP contribution in [0.4, 0.5) is 0 Å². The lowest BCUT2D eigenvalue weighted by atomic mass is 9.95. The molecule has 0 aliphatic carbocycles. The fraction of sp³-hybridized carbons (Fsp3) is 0.500. The molecule has 0 fully saturated rings. The molecule has 0 aliphatic rings. The third kappa shape index (κ3) is 3.95. The zero-order chi connectivity index (χ0) is 13.8. The van der Waals surface area contributed by atoms with Gasteiger partial charge in [0.2, 0.25) is 0 Å². The number of Topliss-reactive ketones (excluding diaryl/α,β-unsaturated/α-hetero) is 1. The van der Waals surface area contributed by atoms with Crippen molar-refractivity contribution < 1.29 is 13.2 Å². The van der Waals surface area contributed by atoms with E-state index in [2.05, 4.69) is 0 Å². The molecular weight excluding hydrogens is 248 g/mol. The number of carbonyl (C=O) groups excluding carboxylic acids is 1. The van der Waals surface area contributed by atoms with Crippen molar-refractivity contribution in [1.29, 1.82) is 0 Å². The molecule has 1 aromatic carbocycles. The van der Waals surface area contributed by atoms with Crippen molar-refractivity contribution in [3.8, 4) is 0 Å². The van der Waals surface area contributed by atoms with Gasteiger partial charge in [0, 0.05) is 6.42 Å². The molecule has 0 aromatic heterocycles. The highest BCUT2D eigenvalue weighted by atomic mass is 32.2. The first-order chi connectivity index (χ1) is 8.36. The van der Waals surface area contributed by atoms with Gasteiger partial charge >= 0.3 is 0 Å². The van der Waals surface area contributed by atoms with Crippen LogP contribution in [0.25, 0.3) is 0 Å². The number of ketones is 1. The van der Waals surface area contributed by atoms with Crippen molar-refractivity contribution in [3.05, 3.63) is 29.8 Å². The molecule has 18 heavy (non-hydrogen) atoms. The van der Waals surface area contributed by atoms with Crippen molar-refractivity contribution >= 4 is 15.6 Å². The molecule has 0 radical (unpaired) electrons. The van der Waals surface area contributed by atoms with Gasteiger partial charge in [0.15, 0.2) is 9.84 Å². The Bertz CT molecular complexity index is 518. The molecule has 0 heterocycles. The number of sulfone groups is 1. The molecule has 1 unspecified atom stereocenters. The summed E-state index contributed by atoms with van der Waals surface area (Å²) in [5.41, 5.74) is 0.978. The minimum Gasteiger partial charge on any atom is -0.300 e. The molecule has 0 aliphatic heterocycles. The second-order valence-electron chi connectivity index (χ2n) is 4.62. The summed E-state index contributed by atoms with van der Waals surface area (Å²) in [5.74, 6) is 0.471. The highest BCUT2D eigenvalue weighted by molar-refractivity contribution is 7.91. The van der Waals surface area contributed by atoms with Gasteiger partial charge in [-0.3, -0.25) is 0 Å². The van der Waals surface area contributed by atoms with E-state index in [0.717, 1.165) is 12.0 Å². The summed E-state index contributed by atoms with van der Waals surface area (Å²) in [6, 6.07) is 7.03. The average molecular weight is 268 g/mol. The van der Waals surface area contributed by atoms with Crippen LogP contribution in [0.3, 0.4) is 0 Å². The Morgan fingerprint density at radius 3 is 2.56 bits per heavy atom. The largest absolute Gasteiger partial charge is 0.300 e. The van der Waals surface area contributed by atoms with E-state index in [1.165, 1.54) is 0 Å². The Labute approximate surface area is 109 Å². The van der Waals surface area contributed by atoms with Gasteiger partial charge in [-0.05, 0) is 37.0 Å². The highest BCUT2D eigenvalue weighted by Gasteiger charge is 2.14. The van der Waals surface area contributed by atoms with E-state index in [1.807, 2.05) is 13.0 Å². The van der Waals surface area contributed by atoms with E-state index in [-0.39, 0.29) is 17.5 Å². The maximum Gasteiger partial charge on any atom is 0.178 e. The summed E-state index contributed by atoms with van der Waals surface area (Å²) in [5, 5.41) is 0. The molecule has 3 nitrogen and oxygen atoms in total. The normalized spacial score (nSPS) is 13.3. The van der Waals surface area contributed by atoms with Crippen LogP contribution in [0.1, 0.15) is 45.1 Å². The SMILES string of the molecule is CCS(=O)(=O)c1cccc(C(C)CCC(C)=O)c1. The Morgan fingerprint density at radius 1 is 1.33 bits per heavy atom. The Kier molecular flexibility index (Phi) is 5.08. The minimum atomic E-state index is -3.15. The van der Waals surface area contributed by atoms with Crippen LogP contribution in [0.15, 0.2) is 29.2 Å². The summed E-state index contributed by atoms with van der Waals surface area (Å²) in [6.45, 7) is 5.23. The van der Waals surface area contributed by atoms with Crippen LogP contribution in [0.5, 0.6) is 0 Å². The van der Waals surface area contributed by atoms with E-state index in [9.17, 15) is 13.2 Å². The van der Waals surface area contributed by atoms with Crippen molar-refractivity contribution in [2.24, 2.45) is 0 Å². The third-order valence-corrected chi connectivity index (χ3v) is 4.83. The molecule has 1 aromatic rings. The standard InChI is InChI=1S/C14H20O3S/c1-4-18(16,17)14-7-5-6-13(10-14)11(2)8-9-12(3)15/h5-7,10-11H,4,8-9H2,1-3H3. The molecule has 0 N–H and O–H groups in total. The number of hydrogen-bond donors (Lipinski definition) is 0. The fourth-order valence-electron chi connectivity index (χ4n) is 1.77. The molecule has 0 amide bonds. The van der Waals surface area contributed by atoms with Crippen LogP contribution >= 0.6 is 0 Å². The van der Waals surface area contributed by atoms with Crippen molar-refractivity contribution in [2.45, 2.75) is 44.4 Å². The molecule has 1 atom stereocenters. The summed E-state index contributed by atoms with van der Waals surface area (Å²) in [7, 11) is -3.15. The van der Waals surface area contributed by atoms with Gasteiger partial charge in [-0.25, -0.2) is 8.42 Å². The molecule has 100 valence electrons. The smallest absolute Gasteiger partial charge is 0.178 e. The summed E-state index contributed by atoms with van der Waals surface area (Å²) in [6.07, 6.45) is 1.29. The predicted molar refractivity (Wildman–Crippen MR) is 72.5 cm³/mol. The molecule has 0 spiro atoms. The molecule has 0 saturated heterocycles. The lowest BCUT2D eigenvalue weighted by Gasteiger charge is -2.12. The number of benzene rings is 1. The maximum absolute atomic E-state index is 11.8. The van der Waals surface area contributed by atoms with E-state index < -0.39 is 9.84 Å². The fourth-order valence-corrected chi connectivity index (χ4v) is 2.70. The zero-order valence-electron chi connectivity index (χ0n) is 11.1. The van der Waals surface area contributed by atoms with Crippen LogP contribution in [-0.2, 0) is 14.6 Å². The molecule has 4 heteroatoms. The van der Waals surface area contributed by atoms with Crippen LogP contribution in [-0.4, -0.2) is 20.0 Å². The molecule has 0 bridgehead atoms. The zero-order valence-corrected chi connectivity index (χ0v) is 12.0. The second kappa shape index (κ2) is 6.14. The van der Waals surface area contributed by atoms with Crippen LogP contribution in [0.2, 0.25) is 0 Å². The Morgan fingerprint density at radius 2 is 2.00 bits per heavy atom. The lowest BCUT2D eigenvalue weighted by Crippen LogP contribution is -2.05. The monoisotopic (exact) mass is 268 g/mol. The van der Waals surface area contributed by atoms with E-state index >= 15 is 0 Å². The number of carbonyl (C=O) groups is 1. The second-order valence-corrected chi connectivity index (χ2v) is 6.90.